The summed E-state index contributed by atoms with van der Waals surface area (Å²) in [7, 11) is 4.82. The Labute approximate surface area is 120 Å². The Kier molecular flexibility index (Phi) is 8.03. The van der Waals surface area contributed by atoms with Crippen LogP contribution in [-0.2, 0) is 0 Å². The lowest BCUT2D eigenvalue weighted by atomic mass is 10.0. The standard InChI is InChI=1S/C14H21NO3.ClH/c1-5-6-7-11(15)14-12(17-3)8-10(16-2)9-13(14)18-4;/h5,8-9,11H,1,6-7,15H2,2-4H3;1H/t11-;/m1./s1. The highest BCUT2D eigenvalue weighted by atomic mass is 35.5. The Balaban J connectivity index is 0.00000324. The van der Waals surface area contributed by atoms with E-state index in [1.807, 2.05) is 18.2 Å². The average molecular weight is 288 g/mol. The second kappa shape index (κ2) is 8.67. The van der Waals surface area contributed by atoms with Gasteiger partial charge in [-0.3, -0.25) is 0 Å². The van der Waals surface area contributed by atoms with Crippen molar-refractivity contribution >= 4 is 12.4 Å². The van der Waals surface area contributed by atoms with Gasteiger partial charge in [-0.1, -0.05) is 6.08 Å². The molecule has 1 rings (SSSR count). The smallest absolute Gasteiger partial charge is 0.131 e. The predicted molar refractivity (Wildman–Crippen MR) is 79.7 cm³/mol. The molecule has 0 amide bonds. The summed E-state index contributed by atoms with van der Waals surface area (Å²) >= 11 is 0. The van der Waals surface area contributed by atoms with Crippen molar-refractivity contribution in [2.24, 2.45) is 5.73 Å². The number of nitrogens with two attached hydrogens (primary N) is 1. The molecule has 0 heterocycles. The van der Waals surface area contributed by atoms with Gasteiger partial charge in [0.05, 0.1) is 26.9 Å². The maximum absolute atomic E-state index is 6.18. The Morgan fingerprint density at radius 3 is 2.05 bits per heavy atom. The Bertz CT molecular complexity index is 385. The molecule has 0 aliphatic rings. The first-order valence-corrected chi connectivity index (χ1v) is 5.84. The van der Waals surface area contributed by atoms with E-state index in [2.05, 4.69) is 6.58 Å². The van der Waals surface area contributed by atoms with E-state index in [0.29, 0.717) is 17.2 Å². The molecule has 0 spiro atoms. The molecule has 2 N–H and O–H groups in total. The monoisotopic (exact) mass is 287 g/mol. The normalized spacial score (nSPS) is 11.2. The van der Waals surface area contributed by atoms with Gasteiger partial charge in [0.2, 0.25) is 0 Å². The zero-order valence-electron chi connectivity index (χ0n) is 11.6. The maximum Gasteiger partial charge on any atom is 0.131 e. The maximum atomic E-state index is 6.18. The number of allylic oxidation sites excluding steroid dienone is 1. The lowest BCUT2D eigenvalue weighted by Gasteiger charge is -2.19. The van der Waals surface area contributed by atoms with Gasteiger partial charge in [-0.15, -0.1) is 19.0 Å². The minimum absolute atomic E-state index is 0. The molecular weight excluding hydrogens is 266 g/mol. The summed E-state index contributed by atoms with van der Waals surface area (Å²) in [6.45, 7) is 3.70. The molecule has 19 heavy (non-hydrogen) atoms. The second-order valence-corrected chi connectivity index (χ2v) is 3.92. The molecule has 0 saturated heterocycles. The van der Waals surface area contributed by atoms with Crippen molar-refractivity contribution in [2.45, 2.75) is 18.9 Å². The van der Waals surface area contributed by atoms with Crippen LogP contribution in [0.1, 0.15) is 24.4 Å². The van der Waals surface area contributed by atoms with Crippen molar-refractivity contribution in [1.29, 1.82) is 0 Å². The third-order valence-corrected chi connectivity index (χ3v) is 2.81. The lowest BCUT2D eigenvalue weighted by Crippen LogP contribution is -2.13. The van der Waals surface area contributed by atoms with Gasteiger partial charge in [0.1, 0.15) is 17.2 Å². The van der Waals surface area contributed by atoms with Crippen LogP contribution < -0.4 is 19.9 Å². The number of hydrogen-bond donors (Lipinski definition) is 1. The van der Waals surface area contributed by atoms with Crippen molar-refractivity contribution in [2.75, 3.05) is 21.3 Å². The molecule has 0 aliphatic heterocycles. The van der Waals surface area contributed by atoms with Gasteiger partial charge in [0, 0.05) is 18.2 Å². The molecule has 1 aromatic rings. The van der Waals surface area contributed by atoms with Gasteiger partial charge >= 0.3 is 0 Å². The SMILES string of the molecule is C=CCC[C@@H](N)c1c(OC)cc(OC)cc1OC.Cl. The van der Waals surface area contributed by atoms with Crippen LogP contribution >= 0.6 is 12.4 Å². The third kappa shape index (κ3) is 4.33. The van der Waals surface area contributed by atoms with Gasteiger partial charge in [-0.2, -0.15) is 0 Å². The number of methoxy groups -OCH3 is 3. The summed E-state index contributed by atoms with van der Waals surface area (Å²) in [5.41, 5.74) is 7.04. The molecule has 0 saturated carbocycles. The molecule has 0 aromatic heterocycles. The average Bonchev–Trinajstić information content (AvgIpc) is 2.42. The highest BCUT2D eigenvalue weighted by Crippen LogP contribution is 2.38. The van der Waals surface area contributed by atoms with Crippen LogP contribution in [0.25, 0.3) is 0 Å². The fourth-order valence-electron chi connectivity index (χ4n) is 1.84. The summed E-state index contributed by atoms with van der Waals surface area (Å²) in [6, 6.07) is 3.47. The number of rotatable bonds is 7. The van der Waals surface area contributed by atoms with Crippen LogP contribution in [0.4, 0.5) is 0 Å². The van der Waals surface area contributed by atoms with Gasteiger partial charge in [-0.25, -0.2) is 0 Å². The predicted octanol–water partition coefficient (Wildman–Crippen LogP) is 3.10. The van der Waals surface area contributed by atoms with E-state index < -0.39 is 0 Å². The van der Waals surface area contributed by atoms with E-state index in [0.717, 1.165) is 18.4 Å². The molecule has 108 valence electrons. The van der Waals surface area contributed by atoms with Crippen molar-refractivity contribution < 1.29 is 14.2 Å². The van der Waals surface area contributed by atoms with Crippen LogP contribution in [-0.4, -0.2) is 21.3 Å². The molecule has 1 aromatic carbocycles. The summed E-state index contributed by atoms with van der Waals surface area (Å²) in [5.74, 6) is 2.05. The van der Waals surface area contributed by atoms with Gasteiger partial charge in [0.25, 0.3) is 0 Å². The zero-order valence-corrected chi connectivity index (χ0v) is 12.5. The van der Waals surface area contributed by atoms with Crippen molar-refractivity contribution in [1.82, 2.24) is 0 Å². The van der Waals surface area contributed by atoms with Crippen LogP contribution in [0.5, 0.6) is 17.2 Å². The number of ether oxygens (including phenoxy) is 3. The topological polar surface area (TPSA) is 53.7 Å². The highest BCUT2D eigenvalue weighted by molar-refractivity contribution is 5.85. The Morgan fingerprint density at radius 2 is 1.68 bits per heavy atom. The van der Waals surface area contributed by atoms with Crippen molar-refractivity contribution in [3.05, 3.63) is 30.4 Å². The summed E-state index contributed by atoms with van der Waals surface area (Å²) < 4.78 is 15.9. The van der Waals surface area contributed by atoms with E-state index in [4.69, 9.17) is 19.9 Å². The molecule has 0 fully saturated rings. The third-order valence-electron chi connectivity index (χ3n) is 2.81. The molecule has 0 radical (unpaired) electrons. The van der Waals surface area contributed by atoms with Gasteiger partial charge < -0.3 is 19.9 Å². The first-order valence-electron chi connectivity index (χ1n) is 5.84. The molecule has 4 nitrogen and oxygen atoms in total. The molecule has 0 bridgehead atoms. The van der Waals surface area contributed by atoms with Crippen molar-refractivity contribution in [3.63, 3.8) is 0 Å². The zero-order chi connectivity index (χ0) is 13.5. The summed E-state index contributed by atoms with van der Waals surface area (Å²) in [4.78, 5) is 0. The Hall–Kier alpha value is -1.39. The highest BCUT2D eigenvalue weighted by Gasteiger charge is 2.18. The fourth-order valence-corrected chi connectivity index (χ4v) is 1.84. The summed E-state index contributed by atoms with van der Waals surface area (Å²) in [5, 5.41) is 0. The number of benzene rings is 1. The van der Waals surface area contributed by atoms with Gasteiger partial charge in [0.15, 0.2) is 0 Å². The van der Waals surface area contributed by atoms with Gasteiger partial charge in [-0.05, 0) is 12.8 Å². The molecule has 0 unspecified atom stereocenters. The first-order chi connectivity index (χ1) is 8.67. The van der Waals surface area contributed by atoms with Crippen LogP contribution in [0, 0.1) is 0 Å². The van der Waals surface area contributed by atoms with Crippen LogP contribution in [0.2, 0.25) is 0 Å². The Morgan fingerprint density at radius 1 is 1.16 bits per heavy atom. The quantitative estimate of drug-likeness (QED) is 0.783. The van der Waals surface area contributed by atoms with E-state index in [1.54, 1.807) is 21.3 Å². The largest absolute Gasteiger partial charge is 0.496 e. The van der Waals surface area contributed by atoms with Crippen LogP contribution in [0.3, 0.4) is 0 Å². The lowest BCUT2D eigenvalue weighted by molar-refractivity contribution is 0.362. The molecule has 0 aliphatic carbocycles. The number of hydrogen-bond acceptors (Lipinski definition) is 4. The number of halogens is 1. The van der Waals surface area contributed by atoms with Crippen molar-refractivity contribution in [3.8, 4) is 17.2 Å². The fraction of sp³-hybridized carbons (Fsp3) is 0.429. The second-order valence-electron chi connectivity index (χ2n) is 3.92. The van der Waals surface area contributed by atoms with E-state index in [1.165, 1.54) is 0 Å². The van der Waals surface area contributed by atoms with Crippen LogP contribution in [0.15, 0.2) is 24.8 Å². The van der Waals surface area contributed by atoms with E-state index >= 15 is 0 Å². The summed E-state index contributed by atoms with van der Waals surface area (Å²) in [6.07, 6.45) is 3.49. The molecular formula is C14H22ClNO3. The van der Waals surface area contributed by atoms with E-state index in [-0.39, 0.29) is 18.4 Å². The molecule has 1 atom stereocenters. The first kappa shape index (κ1) is 17.6. The minimum Gasteiger partial charge on any atom is -0.496 e. The van der Waals surface area contributed by atoms with E-state index in [9.17, 15) is 0 Å². The molecule has 5 heteroatoms. The minimum atomic E-state index is -0.154.